The van der Waals surface area contributed by atoms with Crippen LogP contribution in [0.15, 0.2) is 65.1 Å². The number of pyridine rings is 1. The van der Waals surface area contributed by atoms with Crippen molar-refractivity contribution in [1.82, 2.24) is 14.8 Å². The second-order valence-corrected chi connectivity index (χ2v) is 7.34. The third kappa shape index (κ3) is 4.04. The molecule has 0 atom stereocenters. The summed E-state index contributed by atoms with van der Waals surface area (Å²) in [7, 11) is 1.23. The third-order valence-corrected chi connectivity index (χ3v) is 5.13. The summed E-state index contributed by atoms with van der Waals surface area (Å²) in [6.45, 7) is 2.74. The number of esters is 1. The lowest BCUT2D eigenvalue weighted by molar-refractivity contribution is 0.0601. The number of phenols is 1. The number of ether oxygens (including phenoxy) is 1. The van der Waals surface area contributed by atoms with Crippen LogP contribution in [0, 0.1) is 0 Å². The molecule has 0 bridgehead atoms. The van der Waals surface area contributed by atoms with Gasteiger partial charge < -0.3 is 9.84 Å². The molecule has 0 fully saturated rings. The number of rotatable bonds is 6. The summed E-state index contributed by atoms with van der Waals surface area (Å²) in [6, 6.07) is 11.4. The van der Waals surface area contributed by atoms with Crippen LogP contribution in [0.2, 0.25) is 0 Å². The molecule has 170 valence electrons. The molecule has 2 aromatic carbocycles. The average Bonchev–Trinajstić information content (AvgIpc) is 3.26. The molecule has 4 rings (SSSR count). The maximum Gasteiger partial charge on any atom is 0.343 e. The number of carbonyl (C=O) groups is 3. The van der Waals surface area contributed by atoms with Crippen molar-refractivity contribution in [3.05, 3.63) is 71.5 Å². The van der Waals surface area contributed by atoms with Crippen molar-refractivity contribution in [2.45, 2.75) is 13.8 Å². The second-order valence-electron chi connectivity index (χ2n) is 7.34. The van der Waals surface area contributed by atoms with Gasteiger partial charge in [0.25, 0.3) is 0 Å². The fraction of sp³-hybridized carbons (Fsp3) is 0.125. The first-order valence-corrected chi connectivity index (χ1v) is 10.1. The molecule has 0 saturated heterocycles. The molecule has 0 unspecified atom stereocenters. The van der Waals surface area contributed by atoms with Gasteiger partial charge in [-0.25, -0.2) is 9.78 Å². The van der Waals surface area contributed by atoms with E-state index >= 15 is 0 Å². The van der Waals surface area contributed by atoms with Crippen molar-refractivity contribution >= 4 is 39.8 Å². The highest BCUT2D eigenvalue weighted by molar-refractivity contribution is 6.08. The topological polar surface area (TPSA) is 136 Å². The minimum absolute atomic E-state index is 0.00221. The monoisotopic (exact) mass is 457 g/mol. The van der Waals surface area contributed by atoms with E-state index in [1.807, 2.05) is 0 Å². The van der Waals surface area contributed by atoms with Crippen LogP contribution in [0.25, 0.3) is 16.6 Å². The zero-order valence-electron chi connectivity index (χ0n) is 18.5. The molecular weight excluding hydrogens is 438 g/mol. The Morgan fingerprint density at radius 2 is 1.79 bits per heavy atom. The van der Waals surface area contributed by atoms with E-state index < -0.39 is 11.8 Å². The Labute approximate surface area is 193 Å². The summed E-state index contributed by atoms with van der Waals surface area (Å²) in [5.41, 5.74) is 0.495. The van der Waals surface area contributed by atoms with Crippen LogP contribution in [0.3, 0.4) is 0 Å². The summed E-state index contributed by atoms with van der Waals surface area (Å²) < 4.78 is 6.12. The Kier molecular flexibility index (Phi) is 5.96. The molecule has 0 spiro atoms. The molecule has 2 heterocycles. The van der Waals surface area contributed by atoms with E-state index in [0.717, 1.165) is 0 Å². The number of aromatic nitrogens is 3. The minimum Gasteiger partial charge on any atom is -0.505 e. The summed E-state index contributed by atoms with van der Waals surface area (Å²) in [5.74, 6) is -1.20. The first-order valence-electron chi connectivity index (χ1n) is 10.1. The maximum absolute atomic E-state index is 12.3. The predicted octanol–water partition coefficient (Wildman–Crippen LogP) is 4.73. The van der Waals surface area contributed by atoms with Gasteiger partial charge in [0, 0.05) is 17.1 Å². The summed E-state index contributed by atoms with van der Waals surface area (Å²) in [4.78, 5) is 40.5. The van der Waals surface area contributed by atoms with Gasteiger partial charge in [0.15, 0.2) is 29.0 Å². The number of methoxy groups -OCH3 is 1. The van der Waals surface area contributed by atoms with Crippen LogP contribution < -0.4 is 0 Å². The standard InChI is InChI=1S/C24H19N5O5/c1-13(30)15-7-8-17-16(10-15)11-18(14(2)31)22(32)21(17)27-28-23-19(24(33)34-3)12-26-29(23)20-6-4-5-9-25-20/h4-12,32H,1-3H3. The molecule has 10 heteroatoms. The van der Waals surface area contributed by atoms with Gasteiger partial charge in [-0.05, 0) is 43.5 Å². The zero-order chi connectivity index (χ0) is 24.4. The number of benzene rings is 2. The zero-order valence-corrected chi connectivity index (χ0v) is 18.5. The third-order valence-electron chi connectivity index (χ3n) is 5.13. The van der Waals surface area contributed by atoms with Gasteiger partial charge in [-0.1, -0.05) is 18.2 Å². The molecule has 0 saturated carbocycles. The first-order chi connectivity index (χ1) is 16.3. The lowest BCUT2D eigenvalue weighted by Crippen LogP contribution is -2.02. The summed E-state index contributed by atoms with van der Waals surface area (Å²) in [5, 5.41) is 24.4. The van der Waals surface area contributed by atoms with Gasteiger partial charge in [0.05, 0.1) is 18.9 Å². The van der Waals surface area contributed by atoms with Crippen LogP contribution in [-0.2, 0) is 4.74 Å². The van der Waals surface area contributed by atoms with Crippen LogP contribution >= 0.6 is 0 Å². The number of hydrogen-bond acceptors (Lipinski definition) is 9. The van der Waals surface area contributed by atoms with Gasteiger partial charge in [-0.15, -0.1) is 10.2 Å². The highest BCUT2D eigenvalue weighted by Crippen LogP contribution is 2.40. The van der Waals surface area contributed by atoms with Crippen molar-refractivity contribution in [2.75, 3.05) is 7.11 Å². The van der Waals surface area contributed by atoms with Crippen molar-refractivity contribution in [3.8, 4) is 11.6 Å². The molecule has 10 nitrogen and oxygen atoms in total. The quantitative estimate of drug-likeness (QED) is 0.251. The molecule has 4 aromatic rings. The van der Waals surface area contributed by atoms with Crippen LogP contribution in [0.4, 0.5) is 11.5 Å². The van der Waals surface area contributed by atoms with Crippen LogP contribution in [0.5, 0.6) is 5.75 Å². The summed E-state index contributed by atoms with van der Waals surface area (Å²) >= 11 is 0. The van der Waals surface area contributed by atoms with Gasteiger partial charge in [0.1, 0.15) is 11.3 Å². The molecule has 2 aromatic heterocycles. The lowest BCUT2D eigenvalue weighted by atomic mass is 9.99. The summed E-state index contributed by atoms with van der Waals surface area (Å²) in [6.07, 6.45) is 2.83. The number of carbonyl (C=O) groups excluding carboxylic acids is 3. The number of Topliss-reactive ketones (excluding diaryl/α,β-unsaturated/α-hetero) is 2. The van der Waals surface area contributed by atoms with Crippen LogP contribution in [-0.4, -0.2) is 44.5 Å². The van der Waals surface area contributed by atoms with E-state index in [1.54, 1.807) is 42.6 Å². The Bertz CT molecular complexity index is 1470. The first kappa shape index (κ1) is 22.5. The van der Waals surface area contributed by atoms with Crippen molar-refractivity contribution in [2.24, 2.45) is 10.2 Å². The number of hydrogen-bond donors (Lipinski definition) is 1. The second kappa shape index (κ2) is 9.02. The average molecular weight is 457 g/mol. The van der Waals surface area contributed by atoms with Gasteiger partial charge >= 0.3 is 5.97 Å². The van der Waals surface area contributed by atoms with Crippen molar-refractivity contribution in [1.29, 1.82) is 0 Å². The Hall–Kier alpha value is -4.73. The van der Waals surface area contributed by atoms with Gasteiger partial charge in [-0.2, -0.15) is 9.78 Å². The molecule has 0 aliphatic rings. The maximum atomic E-state index is 12.3. The van der Waals surface area contributed by atoms with Crippen molar-refractivity contribution < 1.29 is 24.2 Å². The molecule has 0 amide bonds. The van der Waals surface area contributed by atoms with Crippen molar-refractivity contribution in [3.63, 3.8) is 0 Å². The fourth-order valence-electron chi connectivity index (χ4n) is 3.40. The van der Waals surface area contributed by atoms with E-state index in [9.17, 15) is 19.5 Å². The van der Waals surface area contributed by atoms with Gasteiger partial charge in [0.2, 0.25) is 0 Å². The fourth-order valence-corrected chi connectivity index (χ4v) is 3.40. The molecule has 34 heavy (non-hydrogen) atoms. The number of azo groups is 1. The minimum atomic E-state index is -0.686. The predicted molar refractivity (Wildman–Crippen MR) is 122 cm³/mol. The van der Waals surface area contributed by atoms with E-state index in [-0.39, 0.29) is 34.2 Å². The Morgan fingerprint density at radius 1 is 1.00 bits per heavy atom. The van der Waals surface area contributed by atoms with Crippen LogP contribution in [0.1, 0.15) is 44.9 Å². The molecule has 1 N–H and O–H groups in total. The molecular formula is C24H19N5O5. The van der Waals surface area contributed by atoms with E-state index in [4.69, 9.17) is 4.74 Å². The van der Waals surface area contributed by atoms with E-state index in [2.05, 4.69) is 20.3 Å². The highest BCUT2D eigenvalue weighted by atomic mass is 16.5. The number of phenolic OH excluding ortho intramolecular Hbond substituents is 1. The Morgan fingerprint density at radius 3 is 2.44 bits per heavy atom. The van der Waals surface area contributed by atoms with Gasteiger partial charge in [-0.3, -0.25) is 9.59 Å². The number of nitrogens with zero attached hydrogens (tertiary/aromatic N) is 5. The van der Waals surface area contributed by atoms with E-state index in [0.29, 0.717) is 22.2 Å². The lowest BCUT2D eigenvalue weighted by Gasteiger charge is -2.10. The Balaban J connectivity index is 1.94. The molecule has 0 radical (unpaired) electrons. The molecule has 0 aliphatic heterocycles. The number of aromatic hydroxyl groups is 1. The normalized spacial score (nSPS) is 11.1. The smallest absolute Gasteiger partial charge is 0.343 e. The molecule has 0 aliphatic carbocycles. The van der Waals surface area contributed by atoms with E-state index in [1.165, 1.54) is 37.9 Å². The number of ketones is 2. The number of fused-ring (bicyclic) bond motifs is 1. The largest absolute Gasteiger partial charge is 0.505 e. The SMILES string of the molecule is COC(=O)c1cnn(-c2ccccn2)c1N=Nc1c(O)c(C(C)=O)cc2cc(C(C)=O)ccc12. The highest BCUT2D eigenvalue weighted by Gasteiger charge is 2.21.